The third-order valence-corrected chi connectivity index (χ3v) is 11.1. The quantitative estimate of drug-likeness (QED) is 0.158. The van der Waals surface area contributed by atoms with E-state index in [2.05, 4.69) is 141 Å². The lowest BCUT2D eigenvalue weighted by molar-refractivity contribution is 1.06. The molecule has 0 unspecified atom stereocenters. The van der Waals surface area contributed by atoms with Crippen LogP contribution >= 0.6 is 0 Å². The Labute approximate surface area is 319 Å². The first-order valence-corrected chi connectivity index (χ1v) is 18.6. The number of aromatic nitrogens is 1. The molecule has 9 aromatic carbocycles. The minimum absolute atomic E-state index is 0.0241. The smallest absolute Gasteiger partial charge is 0.263 e. The zero-order valence-corrected chi connectivity index (χ0v) is 30.2. The largest absolute Gasteiger partial charge is 0.276 e. The van der Waals surface area contributed by atoms with E-state index in [4.69, 9.17) is 0 Å². The van der Waals surface area contributed by atoms with Gasteiger partial charge in [0, 0.05) is 16.5 Å². The first kappa shape index (κ1) is 32.4. The highest BCUT2D eigenvalue weighted by Crippen LogP contribution is 2.45. The molecule has 10 aromatic rings. The first-order chi connectivity index (χ1) is 27.1. The van der Waals surface area contributed by atoms with Gasteiger partial charge in [0.2, 0.25) is 0 Å². The highest BCUT2D eigenvalue weighted by atomic mass is 16.1. The first-order valence-electron chi connectivity index (χ1n) is 18.6. The van der Waals surface area contributed by atoms with Crippen molar-refractivity contribution in [2.24, 2.45) is 0 Å². The fraction of sp³-hybridized carbons (Fsp3) is 0. The molecule has 0 saturated heterocycles. The van der Waals surface area contributed by atoms with Crippen LogP contribution in [0.2, 0.25) is 0 Å². The topological polar surface area (TPSA) is 22.0 Å². The molecule has 0 aliphatic heterocycles. The van der Waals surface area contributed by atoms with E-state index in [0.29, 0.717) is 5.39 Å². The maximum Gasteiger partial charge on any atom is 0.263 e. The normalized spacial score (nSPS) is 11.5. The summed E-state index contributed by atoms with van der Waals surface area (Å²) in [7, 11) is 0. The number of hydrogen-bond donors (Lipinski definition) is 0. The van der Waals surface area contributed by atoms with Crippen molar-refractivity contribution in [1.29, 1.82) is 0 Å². The number of rotatable bonds is 6. The fourth-order valence-corrected chi connectivity index (χ4v) is 8.54. The zero-order valence-electron chi connectivity index (χ0n) is 30.2. The van der Waals surface area contributed by atoms with Crippen molar-refractivity contribution in [2.75, 3.05) is 0 Å². The van der Waals surface area contributed by atoms with E-state index in [1.165, 1.54) is 21.5 Å². The van der Waals surface area contributed by atoms with Crippen LogP contribution in [0.5, 0.6) is 0 Å². The van der Waals surface area contributed by atoms with E-state index in [0.717, 1.165) is 77.3 Å². The molecular weight excluding hydrogens is 667 g/mol. The SMILES string of the molecule is C=Cc1c(C=C)c(-c2ccc3ccccc3c2)c2cc(-c3ccc4c(c3)c3ccccc3c(=O)n4-c3ccccc3)ccc2c1-c1ccc2ccccc2c1. The van der Waals surface area contributed by atoms with Gasteiger partial charge in [-0.15, -0.1) is 0 Å². The highest BCUT2D eigenvalue weighted by Gasteiger charge is 2.21. The summed E-state index contributed by atoms with van der Waals surface area (Å²) in [6.07, 6.45) is 3.98. The van der Waals surface area contributed by atoms with Crippen LogP contribution < -0.4 is 5.56 Å². The van der Waals surface area contributed by atoms with Crippen molar-refractivity contribution in [3.05, 3.63) is 211 Å². The van der Waals surface area contributed by atoms with E-state index in [1.54, 1.807) is 0 Å². The summed E-state index contributed by atoms with van der Waals surface area (Å²) in [6, 6.07) is 61.6. The molecule has 0 N–H and O–H groups in total. The average molecular weight is 702 g/mol. The standard InChI is InChI=1S/C53H35NO/c1-3-43-44(4-2)52(41-25-23-35-15-9-11-17-37(35)31-41)49-33-38(26-28-46(49)51(43)40-24-22-34-14-8-10-16-36(34)30-40)39-27-29-50-48(32-39)45-20-12-13-21-47(45)53(55)54(50)42-18-6-5-7-19-42/h3-33H,1-2H2. The van der Waals surface area contributed by atoms with Crippen LogP contribution in [0.25, 0.3) is 105 Å². The molecule has 0 spiro atoms. The Kier molecular flexibility index (Phi) is 7.64. The van der Waals surface area contributed by atoms with E-state index in [9.17, 15) is 4.79 Å². The van der Waals surface area contributed by atoms with Crippen molar-refractivity contribution in [1.82, 2.24) is 4.57 Å². The summed E-state index contributed by atoms with van der Waals surface area (Å²) >= 11 is 0. The predicted molar refractivity (Wildman–Crippen MR) is 236 cm³/mol. The van der Waals surface area contributed by atoms with Gasteiger partial charge in [-0.05, 0) is 131 Å². The van der Waals surface area contributed by atoms with Crippen LogP contribution in [-0.2, 0) is 0 Å². The molecule has 0 amide bonds. The van der Waals surface area contributed by atoms with Gasteiger partial charge in [0.15, 0.2) is 0 Å². The summed E-state index contributed by atoms with van der Waals surface area (Å²) in [5.74, 6) is 0. The van der Waals surface area contributed by atoms with Gasteiger partial charge in [-0.1, -0.05) is 153 Å². The van der Waals surface area contributed by atoms with E-state index < -0.39 is 0 Å². The van der Waals surface area contributed by atoms with Crippen molar-refractivity contribution in [2.45, 2.75) is 0 Å². The molecule has 0 aliphatic rings. The molecule has 2 nitrogen and oxygen atoms in total. The molecule has 0 atom stereocenters. The molecule has 0 bridgehead atoms. The fourth-order valence-electron chi connectivity index (χ4n) is 8.54. The van der Waals surface area contributed by atoms with Gasteiger partial charge in [0.1, 0.15) is 0 Å². The minimum atomic E-state index is -0.0241. The summed E-state index contributed by atoms with van der Waals surface area (Å²) in [4.78, 5) is 14.0. The van der Waals surface area contributed by atoms with Crippen molar-refractivity contribution < 1.29 is 0 Å². The molecular formula is C53H35NO. The second kappa shape index (κ2) is 13.0. The average Bonchev–Trinajstić information content (AvgIpc) is 3.25. The third-order valence-electron chi connectivity index (χ3n) is 11.1. The van der Waals surface area contributed by atoms with Crippen LogP contribution in [0, 0.1) is 0 Å². The highest BCUT2D eigenvalue weighted by molar-refractivity contribution is 6.14. The van der Waals surface area contributed by atoms with Crippen LogP contribution in [0.3, 0.4) is 0 Å². The summed E-state index contributed by atoms with van der Waals surface area (Å²) in [5, 5.41) is 9.72. The van der Waals surface area contributed by atoms with Crippen molar-refractivity contribution in [3.8, 4) is 39.1 Å². The number of nitrogens with zero attached hydrogens (tertiary/aromatic N) is 1. The van der Waals surface area contributed by atoms with Gasteiger partial charge in [-0.3, -0.25) is 9.36 Å². The molecule has 1 aromatic heterocycles. The van der Waals surface area contributed by atoms with E-state index >= 15 is 0 Å². The van der Waals surface area contributed by atoms with Crippen LogP contribution in [0.15, 0.2) is 194 Å². The van der Waals surface area contributed by atoms with E-state index in [-0.39, 0.29) is 5.56 Å². The van der Waals surface area contributed by atoms with E-state index in [1.807, 2.05) is 65.3 Å². The number of para-hydroxylation sites is 1. The van der Waals surface area contributed by atoms with Gasteiger partial charge in [-0.25, -0.2) is 0 Å². The summed E-state index contributed by atoms with van der Waals surface area (Å²) in [5.41, 5.74) is 10.5. The van der Waals surface area contributed by atoms with Gasteiger partial charge in [0.05, 0.1) is 5.52 Å². The Morgan fingerprint density at radius 1 is 0.382 bits per heavy atom. The second-order valence-corrected chi connectivity index (χ2v) is 14.1. The van der Waals surface area contributed by atoms with Crippen molar-refractivity contribution >= 4 is 66.1 Å². The minimum Gasteiger partial charge on any atom is -0.276 e. The van der Waals surface area contributed by atoms with Crippen LogP contribution in [-0.4, -0.2) is 4.57 Å². The maximum atomic E-state index is 14.0. The molecule has 2 heteroatoms. The Hall–Kier alpha value is -7.29. The molecule has 0 aliphatic carbocycles. The van der Waals surface area contributed by atoms with Gasteiger partial charge in [0.25, 0.3) is 5.56 Å². The number of fused-ring (bicyclic) bond motifs is 6. The molecule has 55 heavy (non-hydrogen) atoms. The summed E-state index contributed by atoms with van der Waals surface area (Å²) < 4.78 is 1.84. The number of benzene rings is 9. The predicted octanol–water partition coefficient (Wildman–Crippen LogP) is 13.9. The van der Waals surface area contributed by atoms with Crippen LogP contribution in [0.4, 0.5) is 0 Å². The number of hydrogen-bond acceptors (Lipinski definition) is 1. The molecule has 10 rings (SSSR count). The monoisotopic (exact) mass is 701 g/mol. The lowest BCUT2D eigenvalue weighted by Crippen LogP contribution is -2.19. The molecule has 0 fully saturated rings. The molecule has 0 radical (unpaired) electrons. The van der Waals surface area contributed by atoms with Gasteiger partial charge in [-0.2, -0.15) is 0 Å². The zero-order chi connectivity index (χ0) is 37.0. The van der Waals surface area contributed by atoms with Crippen molar-refractivity contribution in [3.63, 3.8) is 0 Å². The molecule has 258 valence electrons. The maximum absolute atomic E-state index is 14.0. The Bertz CT molecular complexity index is 3260. The Balaban J connectivity index is 1.28. The third kappa shape index (κ3) is 5.22. The number of pyridine rings is 1. The summed E-state index contributed by atoms with van der Waals surface area (Å²) in [6.45, 7) is 8.75. The Morgan fingerprint density at radius 3 is 1.49 bits per heavy atom. The lowest BCUT2D eigenvalue weighted by atomic mass is 9.82. The second-order valence-electron chi connectivity index (χ2n) is 14.1. The lowest BCUT2D eigenvalue weighted by Gasteiger charge is -2.21. The van der Waals surface area contributed by atoms with Gasteiger partial charge >= 0.3 is 0 Å². The van der Waals surface area contributed by atoms with Gasteiger partial charge < -0.3 is 0 Å². The molecule has 0 saturated carbocycles. The Morgan fingerprint density at radius 2 is 0.873 bits per heavy atom. The van der Waals surface area contributed by atoms with Crippen LogP contribution in [0.1, 0.15) is 11.1 Å². The molecule has 1 heterocycles.